The van der Waals surface area contributed by atoms with Gasteiger partial charge in [0.15, 0.2) is 32.6 Å². The van der Waals surface area contributed by atoms with Gasteiger partial charge in [0, 0.05) is 82.1 Å². The average molecular weight is 855 g/mol. The molecule has 0 saturated heterocycles. The van der Waals surface area contributed by atoms with E-state index in [-0.39, 0.29) is 105 Å². The van der Waals surface area contributed by atoms with E-state index in [0.29, 0.717) is 0 Å². The topological polar surface area (TPSA) is 18.5 Å². The molecule has 0 aliphatic heterocycles. The quantitative estimate of drug-likeness (QED) is 0.234. The van der Waals surface area contributed by atoms with Crippen LogP contribution < -0.4 is 0 Å². The van der Waals surface area contributed by atoms with Crippen molar-refractivity contribution in [1.29, 1.82) is 0 Å². The van der Waals surface area contributed by atoms with E-state index in [0.717, 1.165) is 0 Å². The molecule has 0 bridgehead atoms. The first kappa shape index (κ1) is 52.1. The zero-order valence-corrected chi connectivity index (χ0v) is 31.0. The van der Waals surface area contributed by atoms with Crippen LogP contribution in [0.1, 0.15) is 0 Å². The van der Waals surface area contributed by atoms with Crippen LogP contribution in [-0.4, -0.2) is 93.3 Å². The van der Waals surface area contributed by atoms with Gasteiger partial charge >= 0.3 is 0 Å². The normalized spacial score (nSPS) is 8.77. The molecule has 0 spiro atoms. The standard InChI is InChI=1S/2C4H12OP2.2C3H9P.2CH3.2Pt/c2*1-6(2)5-7(3)4;2*1-4(2)3;;;;/h2*1-4H3;2*1-3H3;2*1H3;;/q;;;;2*-1;;/p+6. The van der Waals surface area contributed by atoms with Gasteiger partial charge in [-0.15, -0.1) is 8.62 Å². The molecule has 26 heavy (non-hydrogen) atoms. The molecule has 2 nitrogen and oxygen atoms in total. The van der Waals surface area contributed by atoms with Crippen LogP contribution in [0, 0.1) is 14.9 Å². The first-order valence-electron chi connectivity index (χ1n) is 7.82. The summed E-state index contributed by atoms with van der Waals surface area (Å²) in [6.45, 7) is 31.0. The predicted octanol–water partition coefficient (Wildman–Crippen LogP) is 6.64. The molecular formula is C16H54O2P6Pt2+4. The summed E-state index contributed by atoms with van der Waals surface area (Å²) in [5.41, 5.74) is 0. The Morgan fingerprint density at radius 1 is 0.346 bits per heavy atom. The Morgan fingerprint density at radius 3 is 0.423 bits per heavy atom. The van der Waals surface area contributed by atoms with Gasteiger partial charge in [-0.3, -0.25) is 0 Å². The van der Waals surface area contributed by atoms with E-state index < -0.39 is 0 Å². The molecule has 0 aliphatic carbocycles. The van der Waals surface area contributed by atoms with Gasteiger partial charge in [0.2, 0.25) is 0 Å². The molecule has 0 aromatic carbocycles. The third-order valence-corrected chi connectivity index (χ3v) is 7.35. The fourth-order valence-electron chi connectivity index (χ4n) is 0.816. The summed E-state index contributed by atoms with van der Waals surface area (Å²) in [6, 6.07) is 0. The average Bonchev–Trinajstić information content (AvgIpc) is 2.10. The van der Waals surface area contributed by atoms with E-state index in [2.05, 4.69) is 93.3 Å². The second kappa shape index (κ2) is 39.4. The minimum atomic E-state index is -0.389. The van der Waals surface area contributed by atoms with Crippen molar-refractivity contribution in [1.82, 2.24) is 0 Å². The molecule has 0 aliphatic rings. The van der Waals surface area contributed by atoms with E-state index in [4.69, 9.17) is 8.62 Å². The van der Waals surface area contributed by atoms with Crippen LogP contribution >= 0.6 is 48.4 Å². The van der Waals surface area contributed by atoms with Gasteiger partial charge in [-0.05, 0) is 15.8 Å². The fraction of sp³-hybridized carbons (Fsp3) is 0.875. The molecule has 0 aromatic heterocycles. The van der Waals surface area contributed by atoms with Gasteiger partial charge in [-0.2, -0.15) is 0 Å². The van der Waals surface area contributed by atoms with Crippen LogP contribution in [0.3, 0.4) is 0 Å². The Hall–Kier alpha value is 3.88. The SMILES string of the molecule is C[PH+](C)C.C[PH+](C)C.C[PH+](C)O[PH+](C)C.C[PH+](C)O[PH+](C)C.[CH3-].[CH3-].[Pt].[Pt]. The Morgan fingerprint density at radius 2 is 0.423 bits per heavy atom. The first-order valence-corrected chi connectivity index (χ1v) is 23.4. The van der Waals surface area contributed by atoms with Gasteiger partial charge < -0.3 is 14.9 Å². The van der Waals surface area contributed by atoms with Gasteiger partial charge in [0.25, 0.3) is 0 Å². The zero-order chi connectivity index (χ0) is 18.9. The molecule has 0 rings (SSSR count). The molecule has 0 radical (unpaired) electrons. The molecule has 0 unspecified atom stereocenters. The van der Waals surface area contributed by atoms with E-state index in [1.807, 2.05) is 0 Å². The number of hydrogen-bond donors (Lipinski definition) is 0. The van der Waals surface area contributed by atoms with Crippen LogP contribution in [0.4, 0.5) is 0 Å². The van der Waals surface area contributed by atoms with E-state index in [1.165, 1.54) is 0 Å². The van der Waals surface area contributed by atoms with Crippen LogP contribution in [0.2, 0.25) is 0 Å². The summed E-state index contributed by atoms with van der Waals surface area (Å²) in [5.74, 6) is 0. The third kappa shape index (κ3) is 143. The monoisotopic (exact) mass is 854 g/mol. The Kier molecular flexibility index (Phi) is 78.8. The summed E-state index contributed by atoms with van der Waals surface area (Å²) >= 11 is 0. The molecule has 0 saturated carbocycles. The molecule has 0 fully saturated rings. The molecule has 10 heteroatoms. The van der Waals surface area contributed by atoms with Crippen molar-refractivity contribution < 1.29 is 50.8 Å². The van der Waals surface area contributed by atoms with Crippen molar-refractivity contribution in [2.75, 3.05) is 93.3 Å². The molecule has 176 valence electrons. The Labute approximate surface area is 206 Å². The smallest absolute Gasteiger partial charge is 0.174 e. The Balaban J connectivity index is -0.0000000271. The molecule has 0 amide bonds. The first-order chi connectivity index (χ1) is 9.72. The van der Waals surface area contributed by atoms with E-state index >= 15 is 0 Å². The number of hydrogen-bond acceptors (Lipinski definition) is 2. The summed E-state index contributed by atoms with van der Waals surface area (Å²) in [7, 11) is -1.31. The van der Waals surface area contributed by atoms with Gasteiger partial charge in [-0.25, -0.2) is 0 Å². The maximum Gasteiger partial charge on any atom is 0.174 e. The van der Waals surface area contributed by atoms with Crippen molar-refractivity contribution in [3.05, 3.63) is 14.9 Å². The molecular weight excluding hydrogens is 800 g/mol. The minimum Gasteiger partial charge on any atom is -0.358 e. The maximum atomic E-state index is 5.45. The summed E-state index contributed by atoms with van der Waals surface area (Å²) in [5, 5.41) is 0. The van der Waals surface area contributed by atoms with Crippen molar-refractivity contribution in [3.8, 4) is 0 Å². The van der Waals surface area contributed by atoms with Crippen molar-refractivity contribution >= 4 is 48.4 Å². The zero-order valence-electron chi connectivity index (χ0n) is 20.4. The van der Waals surface area contributed by atoms with Crippen LogP contribution in [-0.2, 0) is 50.8 Å². The third-order valence-electron chi connectivity index (χ3n) is 0.816. The second-order valence-corrected chi connectivity index (χ2v) is 21.7. The minimum absolute atomic E-state index is 0. The summed E-state index contributed by atoms with van der Waals surface area (Å²) in [6.07, 6.45) is 0. The van der Waals surface area contributed by atoms with Gasteiger partial charge in [0.05, 0.1) is 53.3 Å². The maximum absolute atomic E-state index is 5.45. The molecule has 0 N–H and O–H groups in total. The molecule has 0 heterocycles. The van der Waals surface area contributed by atoms with Crippen molar-refractivity contribution in [2.45, 2.75) is 0 Å². The second-order valence-electron chi connectivity index (χ2n) is 6.84. The Bertz CT molecular complexity index is 162. The van der Waals surface area contributed by atoms with E-state index in [1.54, 1.807) is 0 Å². The van der Waals surface area contributed by atoms with Gasteiger partial charge in [0.1, 0.15) is 0 Å². The molecule has 0 atom stereocenters. The predicted molar refractivity (Wildman–Crippen MR) is 148 cm³/mol. The van der Waals surface area contributed by atoms with Crippen LogP contribution in [0.15, 0.2) is 0 Å². The summed E-state index contributed by atoms with van der Waals surface area (Å²) in [4.78, 5) is 0. The van der Waals surface area contributed by atoms with Crippen molar-refractivity contribution in [2.24, 2.45) is 0 Å². The van der Waals surface area contributed by atoms with Crippen LogP contribution in [0.5, 0.6) is 0 Å². The number of rotatable bonds is 4. The molecule has 0 aromatic rings. The largest absolute Gasteiger partial charge is 0.358 e. The van der Waals surface area contributed by atoms with Gasteiger partial charge in [-0.1, -0.05) is 0 Å². The summed E-state index contributed by atoms with van der Waals surface area (Å²) < 4.78 is 10.9. The van der Waals surface area contributed by atoms with Crippen molar-refractivity contribution in [3.63, 3.8) is 0 Å². The van der Waals surface area contributed by atoms with E-state index in [9.17, 15) is 0 Å². The van der Waals surface area contributed by atoms with Crippen LogP contribution in [0.25, 0.3) is 0 Å². The fourth-order valence-corrected chi connectivity index (χ4v) is 7.35.